The standard InChI is InChI=1S/C23H35N3O2/c1-18-15-21(28-4)16-19(2)22(18)6-5-20-7-9-26(10-8-20)23(27)17-25-13-11-24(3)12-14-25/h5-6,15-16,20H,7-14,17H2,1-4H3. The Morgan fingerprint density at radius 3 is 2.25 bits per heavy atom. The monoisotopic (exact) mass is 385 g/mol. The zero-order valence-corrected chi connectivity index (χ0v) is 17.9. The highest BCUT2D eigenvalue weighted by atomic mass is 16.5. The van der Waals surface area contributed by atoms with Crippen LogP contribution in [0.3, 0.4) is 0 Å². The number of methoxy groups -OCH3 is 1. The number of ether oxygens (including phenoxy) is 1. The summed E-state index contributed by atoms with van der Waals surface area (Å²) in [5.41, 5.74) is 3.77. The van der Waals surface area contributed by atoms with E-state index in [0.717, 1.165) is 57.9 Å². The lowest BCUT2D eigenvalue weighted by Gasteiger charge is -2.35. The molecule has 0 bridgehead atoms. The predicted molar refractivity (Wildman–Crippen MR) is 115 cm³/mol. The van der Waals surface area contributed by atoms with Crippen LogP contribution in [0.15, 0.2) is 18.2 Å². The van der Waals surface area contributed by atoms with Crippen LogP contribution in [-0.2, 0) is 4.79 Å². The molecule has 0 N–H and O–H groups in total. The minimum Gasteiger partial charge on any atom is -0.497 e. The summed E-state index contributed by atoms with van der Waals surface area (Å²) >= 11 is 0. The zero-order valence-electron chi connectivity index (χ0n) is 17.9. The predicted octanol–water partition coefficient (Wildman–Crippen LogP) is 2.81. The minimum atomic E-state index is 0.300. The first-order valence-corrected chi connectivity index (χ1v) is 10.5. The number of hydrogen-bond acceptors (Lipinski definition) is 4. The van der Waals surface area contributed by atoms with Gasteiger partial charge in [-0.3, -0.25) is 9.69 Å². The van der Waals surface area contributed by atoms with E-state index in [0.29, 0.717) is 18.4 Å². The number of hydrogen-bond donors (Lipinski definition) is 0. The van der Waals surface area contributed by atoms with Crippen molar-refractivity contribution in [2.24, 2.45) is 5.92 Å². The SMILES string of the molecule is COc1cc(C)c(C=CC2CCN(C(=O)CN3CCN(C)CC3)CC2)c(C)c1. The third-order valence-corrected chi connectivity index (χ3v) is 6.19. The summed E-state index contributed by atoms with van der Waals surface area (Å²) in [5, 5.41) is 0. The van der Waals surface area contributed by atoms with Crippen LogP contribution in [0.25, 0.3) is 6.08 Å². The van der Waals surface area contributed by atoms with Gasteiger partial charge in [0.1, 0.15) is 5.75 Å². The molecule has 0 aromatic heterocycles. The second-order valence-corrected chi connectivity index (χ2v) is 8.33. The summed E-state index contributed by atoms with van der Waals surface area (Å²) in [6, 6.07) is 4.18. The lowest BCUT2D eigenvalue weighted by molar-refractivity contribution is -0.134. The van der Waals surface area contributed by atoms with Crippen LogP contribution in [0.5, 0.6) is 5.75 Å². The molecule has 0 radical (unpaired) electrons. The number of aryl methyl sites for hydroxylation is 2. The Morgan fingerprint density at radius 2 is 1.68 bits per heavy atom. The first kappa shape index (κ1) is 20.9. The van der Waals surface area contributed by atoms with Gasteiger partial charge in [-0.15, -0.1) is 0 Å². The molecule has 3 rings (SSSR count). The number of likely N-dealkylation sites (N-methyl/N-ethyl adjacent to an activating group) is 1. The average Bonchev–Trinajstić information content (AvgIpc) is 2.69. The van der Waals surface area contributed by atoms with E-state index in [9.17, 15) is 4.79 Å². The number of piperidine rings is 1. The van der Waals surface area contributed by atoms with Gasteiger partial charge < -0.3 is 14.5 Å². The molecule has 1 aromatic carbocycles. The largest absolute Gasteiger partial charge is 0.497 e. The lowest BCUT2D eigenvalue weighted by Crippen LogP contribution is -2.50. The smallest absolute Gasteiger partial charge is 0.236 e. The highest BCUT2D eigenvalue weighted by Crippen LogP contribution is 2.25. The molecule has 5 nitrogen and oxygen atoms in total. The average molecular weight is 386 g/mol. The van der Waals surface area contributed by atoms with Crippen LogP contribution >= 0.6 is 0 Å². The fourth-order valence-electron chi connectivity index (χ4n) is 4.19. The maximum absolute atomic E-state index is 12.6. The molecule has 2 saturated heterocycles. The van der Waals surface area contributed by atoms with Crippen LogP contribution in [-0.4, -0.2) is 80.6 Å². The number of likely N-dealkylation sites (tertiary alicyclic amines) is 1. The second-order valence-electron chi connectivity index (χ2n) is 8.33. The molecule has 0 aliphatic carbocycles. The number of benzene rings is 1. The topological polar surface area (TPSA) is 36.0 Å². The van der Waals surface area contributed by atoms with Crippen LogP contribution in [0.4, 0.5) is 0 Å². The Bertz CT molecular complexity index is 677. The molecule has 1 aromatic rings. The molecule has 1 amide bonds. The summed E-state index contributed by atoms with van der Waals surface area (Å²) in [5.74, 6) is 1.77. The van der Waals surface area contributed by atoms with Crippen LogP contribution in [0.1, 0.15) is 29.5 Å². The number of amides is 1. The van der Waals surface area contributed by atoms with Crippen molar-refractivity contribution in [1.82, 2.24) is 14.7 Å². The first-order chi connectivity index (χ1) is 13.5. The molecule has 0 spiro atoms. The Hall–Kier alpha value is -1.85. The number of carbonyl (C=O) groups excluding carboxylic acids is 1. The van der Waals surface area contributed by atoms with E-state index in [1.807, 2.05) is 0 Å². The number of nitrogens with zero attached hydrogens (tertiary/aromatic N) is 3. The van der Waals surface area contributed by atoms with Crippen molar-refractivity contribution in [2.75, 3.05) is 60.0 Å². The molecule has 2 aliphatic heterocycles. The Kier molecular flexibility index (Phi) is 7.13. The summed E-state index contributed by atoms with van der Waals surface area (Å²) in [6.45, 7) is 10.7. The Morgan fingerprint density at radius 1 is 1.07 bits per heavy atom. The van der Waals surface area contributed by atoms with Crippen molar-refractivity contribution in [3.05, 3.63) is 34.9 Å². The molecular weight excluding hydrogens is 350 g/mol. The van der Waals surface area contributed by atoms with E-state index >= 15 is 0 Å². The zero-order chi connectivity index (χ0) is 20.1. The highest BCUT2D eigenvalue weighted by molar-refractivity contribution is 5.78. The van der Waals surface area contributed by atoms with Gasteiger partial charge >= 0.3 is 0 Å². The first-order valence-electron chi connectivity index (χ1n) is 10.5. The van der Waals surface area contributed by atoms with E-state index in [4.69, 9.17) is 4.74 Å². The van der Waals surface area contributed by atoms with Crippen molar-refractivity contribution in [3.63, 3.8) is 0 Å². The van der Waals surface area contributed by atoms with Crippen molar-refractivity contribution >= 4 is 12.0 Å². The minimum absolute atomic E-state index is 0.300. The third kappa shape index (κ3) is 5.36. The molecule has 5 heteroatoms. The quantitative estimate of drug-likeness (QED) is 0.781. The van der Waals surface area contributed by atoms with Crippen molar-refractivity contribution < 1.29 is 9.53 Å². The van der Waals surface area contributed by atoms with E-state index in [-0.39, 0.29) is 0 Å². The number of carbonyl (C=O) groups is 1. The van der Waals surface area contributed by atoms with Gasteiger partial charge in [-0.1, -0.05) is 12.2 Å². The molecule has 154 valence electrons. The van der Waals surface area contributed by atoms with Gasteiger partial charge in [-0.05, 0) is 68.5 Å². The number of allylic oxidation sites excluding steroid dienone is 1. The van der Waals surface area contributed by atoms with Crippen molar-refractivity contribution in [2.45, 2.75) is 26.7 Å². The van der Waals surface area contributed by atoms with Gasteiger partial charge in [0.2, 0.25) is 5.91 Å². The molecule has 2 fully saturated rings. The van der Waals surface area contributed by atoms with Crippen LogP contribution < -0.4 is 4.74 Å². The second kappa shape index (κ2) is 9.57. The maximum Gasteiger partial charge on any atom is 0.236 e. The Labute approximate surface area is 169 Å². The van der Waals surface area contributed by atoms with Crippen LogP contribution in [0.2, 0.25) is 0 Å². The summed E-state index contributed by atoms with van der Waals surface area (Å²) < 4.78 is 5.35. The summed E-state index contributed by atoms with van der Waals surface area (Å²) in [6.07, 6.45) is 6.71. The fraction of sp³-hybridized carbons (Fsp3) is 0.609. The van der Waals surface area contributed by atoms with Gasteiger partial charge in [-0.25, -0.2) is 0 Å². The van der Waals surface area contributed by atoms with E-state index in [1.54, 1.807) is 7.11 Å². The van der Waals surface area contributed by atoms with E-state index in [2.05, 4.69) is 59.9 Å². The van der Waals surface area contributed by atoms with Crippen LogP contribution in [0, 0.1) is 19.8 Å². The van der Waals surface area contributed by atoms with Crippen molar-refractivity contribution in [1.29, 1.82) is 0 Å². The number of piperazine rings is 1. The molecule has 2 aliphatic rings. The molecule has 28 heavy (non-hydrogen) atoms. The van der Waals surface area contributed by atoms with E-state index in [1.165, 1.54) is 16.7 Å². The molecule has 0 atom stereocenters. The Balaban J connectivity index is 1.49. The summed E-state index contributed by atoms with van der Waals surface area (Å²) in [4.78, 5) is 19.3. The molecular formula is C23H35N3O2. The fourth-order valence-corrected chi connectivity index (χ4v) is 4.19. The highest BCUT2D eigenvalue weighted by Gasteiger charge is 2.24. The van der Waals surface area contributed by atoms with E-state index < -0.39 is 0 Å². The maximum atomic E-state index is 12.6. The van der Waals surface area contributed by atoms with Gasteiger partial charge in [0.05, 0.1) is 13.7 Å². The normalized spacial score (nSPS) is 20.1. The van der Waals surface area contributed by atoms with Gasteiger partial charge in [-0.2, -0.15) is 0 Å². The van der Waals surface area contributed by atoms with Gasteiger partial charge in [0, 0.05) is 39.3 Å². The third-order valence-electron chi connectivity index (χ3n) is 6.19. The van der Waals surface area contributed by atoms with Crippen molar-refractivity contribution in [3.8, 4) is 5.75 Å². The summed E-state index contributed by atoms with van der Waals surface area (Å²) in [7, 11) is 3.86. The lowest BCUT2D eigenvalue weighted by atomic mass is 9.94. The molecule has 0 unspecified atom stereocenters. The number of rotatable bonds is 5. The van der Waals surface area contributed by atoms with Gasteiger partial charge in [0.25, 0.3) is 0 Å². The van der Waals surface area contributed by atoms with Gasteiger partial charge in [0.15, 0.2) is 0 Å². The molecule has 0 saturated carbocycles. The molecule has 2 heterocycles.